The van der Waals surface area contributed by atoms with Crippen LogP contribution < -0.4 is 11.3 Å². The van der Waals surface area contributed by atoms with Crippen molar-refractivity contribution in [3.05, 3.63) is 35.4 Å². The molecule has 0 aromatic heterocycles. The Morgan fingerprint density at radius 2 is 1.95 bits per heavy atom. The number of halogens is 2. The molecule has 0 bridgehead atoms. The van der Waals surface area contributed by atoms with Crippen molar-refractivity contribution in [3.8, 4) is 0 Å². The highest BCUT2D eigenvalue weighted by molar-refractivity contribution is 5.25. The molecule has 6 heteroatoms. The van der Waals surface area contributed by atoms with Crippen LogP contribution in [0.15, 0.2) is 18.2 Å². The van der Waals surface area contributed by atoms with Gasteiger partial charge < -0.3 is 4.74 Å². The van der Waals surface area contributed by atoms with Gasteiger partial charge in [0, 0.05) is 30.3 Å². The molecule has 1 aliphatic heterocycles. The predicted molar refractivity (Wildman–Crippen MR) is 72.9 cm³/mol. The fourth-order valence-electron chi connectivity index (χ4n) is 2.73. The number of nitrogens with one attached hydrogen (secondary N) is 1. The smallest absolute Gasteiger partial charge is 0.131 e. The first-order chi connectivity index (χ1) is 9.46. The Bertz CT molecular complexity index is 462. The van der Waals surface area contributed by atoms with Crippen LogP contribution in [0.5, 0.6) is 0 Å². The van der Waals surface area contributed by atoms with Gasteiger partial charge in [0.2, 0.25) is 0 Å². The third-order valence-electron chi connectivity index (χ3n) is 3.97. The van der Waals surface area contributed by atoms with Crippen molar-refractivity contribution in [2.24, 2.45) is 5.84 Å². The van der Waals surface area contributed by atoms with Gasteiger partial charge in [0.15, 0.2) is 0 Å². The van der Waals surface area contributed by atoms with Crippen molar-refractivity contribution in [1.29, 1.82) is 0 Å². The monoisotopic (exact) mass is 285 g/mol. The highest BCUT2D eigenvalue weighted by atomic mass is 19.1. The second-order valence-corrected chi connectivity index (χ2v) is 5.52. The Morgan fingerprint density at radius 1 is 1.30 bits per heavy atom. The number of morpholine rings is 1. The Kier molecular flexibility index (Phi) is 4.70. The molecular formula is C14H21F2N3O. The van der Waals surface area contributed by atoms with Crippen molar-refractivity contribution < 1.29 is 13.5 Å². The predicted octanol–water partition coefficient (Wildman–Crippen LogP) is 1.58. The lowest BCUT2D eigenvalue weighted by atomic mass is 9.86. The normalized spacial score (nSPS) is 19.1. The summed E-state index contributed by atoms with van der Waals surface area (Å²) in [6, 6.07) is 3.13. The molecule has 1 aromatic rings. The van der Waals surface area contributed by atoms with Crippen LogP contribution in [0.1, 0.15) is 25.5 Å². The fourth-order valence-corrected chi connectivity index (χ4v) is 2.73. The standard InChI is InChI=1S/C14H21F2N3O/c1-14(2,19-5-7-20-8-6-19)13(18-17)11-4-3-10(15)9-12(11)16/h3-4,9,13,18H,5-8,17H2,1-2H3. The maximum Gasteiger partial charge on any atom is 0.131 e. The van der Waals surface area contributed by atoms with Crippen LogP contribution in [0.2, 0.25) is 0 Å². The Hall–Kier alpha value is -1.08. The van der Waals surface area contributed by atoms with Crippen molar-refractivity contribution in [2.75, 3.05) is 26.3 Å². The third kappa shape index (κ3) is 2.98. The number of hydrogen-bond donors (Lipinski definition) is 2. The van der Waals surface area contributed by atoms with Gasteiger partial charge >= 0.3 is 0 Å². The summed E-state index contributed by atoms with van der Waals surface area (Å²) in [6.45, 7) is 6.79. The number of hydrogen-bond acceptors (Lipinski definition) is 4. The van der Waals surface area contributed by atoms with Gasteiger partial charge in [-0.15, -0.1) is 0 Å². The van der Waals surface area contributed by atoms with Gasteiger partial charge in [-0.2, -0.15) is 0 Å². The maximum absolute atomic E-state index is 14.0. The summed E-state index contributed by atoms with van der Waals surface area (Å²) in [5.41, 5.74) is 2.62. The van der Waals surface area contributed by atoms with Gasteiger partial charge in [-0.3, -0.25) is 16.2 Å². The highest BCUT2D eigenvalue weighted by Crippen LogP contribution is 2.32. The van der Waals surface area contributed by atoms with E-state index in [1.54, 1.807) is 0 Å². The summed E-state index contributed by atoms with van der Waals surface area (Å²) < 4.78 is 32.4. The summed E-state index contributed by atoms with van der Waals surface area (Å²) in [5.74, 6) is 4.46. The van der Waals surface area contributed by atoms with E-state index >= 15 is 0 Å². The molecule has 1 heterocycles. The van der Waals surface area contributed by atoms with Crippen molar-refractivity contribution >= 4 is 0 Å². The molecule has 0 amide bonds. The van der Waals surface area contributed by atoms with E-state index in [-0.39, 0.29) is 0 Å². The molecule has 1 saturated heterocycles. The van der Waals surface area contributed by atoms with Gasteiger partial charge in [0.1, 0.15) is 11.6 Å². The van der Waals surface area contributed by atoms with E-state index in [4.69, 9.17) is 10.6 Å². The van der Waals surface area contributed by atoms with Crippen molar-refractivity contribution in [1.82, 2.24) is 10.3 Å². The molecule has 0 radical (unpaired) electrons. The lowest BCUT2D eigenvalue weighted by Crippen LogP contribution is -2.57. The van der Waals surface area contributed by atoms with Crippen molar-refractivity contribution in [3.63, 3.8) is 0 Å². The van der Waals surface area contributed by atoms with Gasteiger partial charge in [0.25, 0.3) is 0 Å². The van der Waals surface area contributed by atoms with Gasteiger partial charge in [-0.25, -0.2) is 8.78 Å². The first kappa shape index (κ1) is 15.3. The number of nitrogens with two attached hydrogens (primary N) is 1. The molecule has 3 N–H and O–H groups in total. The summed E-state index contributed by atoms with van der Waals surface area (Å²) in [5, 5.41) is 0. The second kappa shape index (κ2) is 6.13. The molecule has 20 heavy (non-hydrogen) atoms. The average molecular weight is 285 g/mol. The van der Waals surface area contributed by atoms with E-state index in [1.165, 1.54) is 12.1 Å². The van der Waals surface area contributed by atoms with Crippen LogP contribution >= 0.6 is 0 Å². The molecule has 1 fully saturated rings. The minimum atomic E-state index is -0.591. The topological polar surface area (TPSA) is 50.5 Å². The van der Waals surface area contributed by atoms with Gasteiger partial charge in [0.05, 0.1) is 19.3 Å². The van der Waals surface area contributed by atoms with E-state index in [0.717, 1.165) is 19.2 Å². The van der Waals surface area contributed by atoms with E-state index in [2.05, 4.69) is 10.3 Å². The quantitative estimate of drug-likeness (QED) is 0.651. The van der Waals surface area contributed by atoms with Crippen LogP contribution in [-0.4, -0.2) is 36.7 Å². The minimum Gasteiger partial charge on any atom is -0.379 e. The summed E-state index contributed by atoms with van der Waals surface area (Å²) in [4.78, 5) is 2.20. The molecule has 2 rings (SSSR count). The van der Waals surface area contributed by atoms with E-state index in [9.17, 15) is 8.78 Å². The first-order valence-corrected chi connectivity index (χ1v) is 6.70. The summed E-state index contributed by atoms with van der Waals surface area (Å²) >= 11 is 0. The van der Waals surface area contributed by atoms with Gasteiger partial charge in [-0.05, 0) is 19.9 Å². The maximum atomic E-state index is 14.0. The molecule has 0 saturated carbocycles. The molecule has 0 spiro atoms. The minimum absolute atomic E-state index is 0.366. The first-order valence-electron chi connectivity index (χ1n) is 6.70. The fraction of sp³-hybridized carbons (Fsp3) is 0.571. The van der Waals surface area contributed by atoms with Crippen LogP contribution in [0.3, 0.4) is 0 Å². The highest BCUT2D eigenvalue weighted by Gasteiger charge is 2.37. The summed E-state index contributed by atoms with van der Waals surface area (Å²) in [7, 11) is 0. The average Bonchev–Trinajstić information content (AvgIpc) is 2.43. The number of ether oxygens (including phenoxy) is 1. The molecule has 1 aromatic carbocycles. The molecule has 0 aliphatic carbocycles. The van der Waals surface area contributed by atoms with Crippen LogP contribution in [-0.2, 0) is 4.74 Å². The number of benzene rings is 1. The Balaban J connectivity index is 2.29. The zero-order valence-electron chi connectivity index (χ0n) is 11.8. The third-order valence-corrected chi connectivity index (χ3v) is 3.97. The molecule has 4 nitrogen and oxygen atoms in total. The van der Waals surface area contributed by atoms with Crippen molar-refractivity contribution in [2.45, 2.75) is 25.4 Å². The zero-order valence-corrected chi connectivity index (χ0v) is 11.8. The van der Waals surface area contributed by atoms with Crippen LogP contribution in [0.25, 0.3) is 0 Å². The molecule has 112 valence electrons. The van der Waals surface area contributed by atoms with Crippen LogP contribution in [0.4, 0.5) is 8.78 Å². The number of hydrazine groups is 1. The SMILES string of the molecule is CC(C)(C(NN)c1ccc(F)cc1F)N1CCOCC1. The van der Waals surface area contributed by atoms with Crippen LogP contribution in [0, 0.1) is 11.6 Å². The van der Waals surface area contributed by atoms with E-state index in [1.807, 2.05) is 13.8 Å². The lowest BCUT2D eigenvalue weighted by Gasteiger charge is -2.45. The van der Waals surface area contributed by atoms with E-state index < -0.39 is 23.2 Å². The largest absolute Gasteiger partial charge is 0.379 e. The molecule has 1 atom stereocenters. The molecule has 1 unspecified atom stereocenters. The Labute approximate surface area is 117 Å². The zero-order chi connectivity index (χ0) is 14.8. The molecular weight excluding hydrogens is 264 g/mol. The molecule has 1 aliphatic rings. The summed E-state index contributed by atoms with van der Waals surface area (Å²) in [6.07, 6.45) is 0. The van der Waals surface area contributed by atoms with Gasteiger partial charge in [-0.1, -0.05) is 6.07 Å². The lowest BCUT2D eigenvalue weighted by molar-refractivity contribution is -0.0242. The van der Waals surface area contributed by atoms with E-state index in [0.29, 0.717) is 18.8 Å². The Morgan fingerprint density at radius 3 is 2.50 bits per heavy atom. The number of nitrogens with zero attached hydrogens (tertiary/aromatic N) is 1. The second-order valence-electron chi connectivity index (χ2n) is 5.52. The number of rotatable bonds is 4.